The summed E-state index contributed by atoms with van der Waals surface area (Å²) in [5, 5.41) is 0. The fourth-order valence-corrected chi connectivity index (χ4v) is 1.82. The van der Waals surface area contributed by atoms with Crippen LogP contribution in [0.15, 0.2) is 24.4 Å². The third-order valence-electron chi connectivity index (χ3n) is 3.21. The van der Waals surface area contributed by atoms with Crippen molar-refractivity contribution >= 4 is 0 Å². The molecular formula is C14H16N2. The van der Waals surface area contributed by atoms with Gasteiger partial charge in [-0.05, 0) is 56.5 Å². The molecule has 0 bridgehead atoms. The first-order chi connectivity index (χ1) is 7.61. The van der Waals surface area contributed by atoms with Crippen LogP contribution in [0.3, 0.4) is 0 Å². The van der Waals surface area contributed by atoms with Gasteiger partial charge < -0.3 is 0 Å². The summed E-state index contributed by atoms with van der Waals surface area (Å²) in [5.41, 5.74) is 6.85. The monoisotopic (exact) mass is 212 g/mol. The van der Waals surface area contributed by atoms with Gasteiger partial charge in [-0.25, -0.2) is 0 Å². The Morgan fingerprint density at radius 3 is 2.25 bits per heavy atom. The molecule has 0 saturated carbocycles. The number of hydrogen-bond donors (Lipinski definition) is 0. The number of nitrogens with zero attached hydrogens (tertiary/aromatic N) is 2. The lowest BCUT2D eigenvalue weighted by Crippen LogP contribution is -2.00. The first-order valence-corrected chi connectivity index (χ1v) is 5.47. The van der Waals surface area contributed by atoms with Crippen molar-refractivity contribution in [1.82, 2.24) is 9.97 Å². The number of pyridine rings is 2. The molecule has 2 rings (SSSR count). The average molecular weight is 212 g/mol. The first kappa shape index (κ1) is 10.8. The Balaban J connectivity index is 2.68. The maximum atomic E-state index is 4.64. The van der Waals surface area contributed by atoms with Gasteiger partial charge in [-0.1, -0.05) is 6.07 Å². The van der Waals surface area contributed by atoms with Crippen LogP contribution in [0.25, 0.3) is 11.4 Å². The lowest BCUT2D eigenvalue weighted by atomic mass is 10.0. The third kappa shape index (κ3) is 1.71. The van der Waals surface area contributed by atoms with Gasteiger partial charge in [0.2, 0.25) is 0 Å². The Kier molecular flexibility index (Phi) is 2.73. The van der Waals surface area contributed by atoms with Gasteiger partial charge >= 0.3 is 0 Å². The normalized spacial score (nSPS) is 10.5. The number of rotatable bonds is 1. The van der Waals surface area contributed by atoms with Crippen molar-refractivity contribution in [2.75, 3.05) is 0 Å². The van der Waals surface area contributed by atoms with E-state index in [9.17, 15) is 0 Å². The van der Waals surface area contributed by atoms with E-state index in [1.807, 2.05) is 25.1 Å². The minimum absolute atomic E-state index is 0.950. The zero-order valence-electron chi connectivity index (χ0n) is 10.2. The summed E-state index contributed by atoms with van der Waals surface area (Å²) in [4.78, 5) is 9.00. The van der Waals surface area contributed by atoms with Crippen LogP contribution in [0, 0.1) is 27.7 Å². The Hall–Kier alpha value is -1.70. The van der Waals surface area contributed by atoms with Crippen LogP contribution in [0.5, 0.6) is 0 Å². The maximum Gasteiger partial charge on any atom is 0.0921 e. The molecule has 2 heterocycles. The highest BCUT2D eigenvalue weighted by Gasteiger charge is 2.10. The number of aryl methyl sites for hydroxylation is 1. The van der Waals surface area contributed by atoms with Gasteiger partial charge in [0.05, 0.1) is 11.4 Å². The topological polar surface area (TPSA) is 25.8 Å². The molecule has 2 nitrogen and oxygen atoms in total. The fraction of sp³-hybridized carbons (Fsp3) is 0.286. The molecule has 0 unspecified atom stereocenters. The minimum Gasteiger partial charge on any atom is -0.255 e. The molecule has 82 valence electrons. The smallest absolute Gasteiger partial charge is 0.0921 e. The second-order valence-corrected chi connectivity index (χ2v) is 4.14. The van der Waals surface area contributed by atoms with E-state index in [0.717, 1.165) is 17.1 Å². The SMILES string of the molecule is Cc1nc(-c2ccccn2)c(C)c(C)c1C. The second kappa shape index (κ2) is 4.05. The Labute approximate surface area is 96.4 Å². The first-order valence-electron chi connectivity index (χ1n) is 5.47. The van der Waals surface area contributed by atoms with Crippen LogP contribution in [0.1, 0.15) is 22.4 Å². The predicted octanol–water partition coefficient (Wildman–Crippen LogP) is 3.38. The van der Waals surface area contributed by atoms with Crippen LogP contribution >= 0.6 is 0 Å². The molecule has 0 spiro atoms. The standard InChI is InChI=1S/C14H16N2/c1-9-10(2)12(4)16-14(11(9)3)13-7-5-6-8-15-13/h5-8H,1-4H3. The zero-order chi connectivity index (χ0) is 11.7. The minimum atomic E-state index is 0.950. The Bertz CT molecular complexity index is 516. The molecule has 0 aromatic carbocycles. The van der Waals surface area contributed by atoms with E-state index in [1.165, 1.54) is 16.7 Å². The summed E-state index contributed by atoms with van der Waals surface area (Å²) in [7, 11) is 0. The molecule has 0 atom stereocenters. The number of hydrogen-bond acceptors (Lipinski definition) is 2. The molecule has 0 amide bonds. The van der Waals surface area contributed by atoms with Gasteiger partial charge in [-0.2, -0.15) is 0 Å². The van der Waals surface area contributed by atoms with Crippen LogP contribution in [0.4, 0.5) is 0 Å². The molecule has 0 aliphatic heterocycles. The fourth-order valence-electron chi connectivity index (χ4n) is 1.82. The molecule has 2 aromatic rings. The Morgan fingerprint density at radius 2 is 1.62 bits per heavy atom. The van der Waals surface area contributed by atoms with E-state index in [4.69, 9.17) is 0 Å². The summed E-state index contributed by atoms with van der Waals surface area (Å²) >= 11 is 0. The van der Waals surface area contributed by atoms with Gasteiger partial charge in [0.25, 0.3) is 0 Å². The van der Waals surface area contributed by atoms with Crippen molar-refractivity contribution in [2.45, 2.75) is 27.7 Å². The second-order valence-electron chi connectivity index (χ2n) is 4.14. The average Bonchev–Trinajstić information content (AvgIpc) is 2.32. The van der Waals surface area contributed by atoms with Crippen molar-refractivity contribution in [3.63, 3.8) is 0 Å². The predicted molar refractivity (Wildman–Crippen MR) is 66.4 cm³/mol. The zero-order valence-corrected chi connectivity index (χ0v) is 10.2. The van der Waals surface area contributed by atoms with Crippen LogP contribution in [-0.4, -0.2) is 9.97 Å². The summed E-state index contributed by atoms with van der Waals surface area (Å²) < 4.78 is 0. The summed E-state index contributed by atoms with van der Waals surface area (Å²) in [6, 6.07) is 5.92. The van der Waals surface area contributed by atoms with Crippen molar-refractivity contribution in [3.8, 4) is 11.4 Å². The highest BCUT2D eigenvalue weighted by Crippen LogP contribution is 2.24. The highest BCUT2D eigenvalue weighted by molar-refractivity contribution is 5.61. The molecule has 0 radical (unpaired) electrons. The lowest BCUT2D eigenvalue weighted by molar-refractivity contribution is 1.08. The van der Waals surface area contributed by atoms with Crippen LogP contribution in [-0.2, 0) is 0 Å². The van der Waals surface area contributed by atoms with Crippen molar-refractivity contribution in [2.24, 2.45) is 0 Å². The van der Waals surface area contributed by atoms with Gasteiger partial charge in [-0.15, -0.1) is 0 Å². The van der Waals surface area contributed by atoms with E-state index in [2.05, 4.69) is 30.7 Å². The van der Waals surface area contributed by atoms with Gasteiger partial charge in [0.15, 0.2) is 0 Å². The van der Waals surface area contributed by atoms with E-state index in [0.29, 0.717) is 0 Å². The summed E-state index contributed by atoms with van der Waals surface area (Å²) in [6.07, 6.45) is 1.81. The quantitative estimate of drug-likeness (QED) is 0.724. The molecule has 0 N–H and O–H groups in total. The van der Waals surface area contributed by atoms with Crippen LogP contribution in [0.2, 0.25) is 0 Å². The third-order valence-corrected chi connectivity index (χ3v) is 3.21. The number of aromatic nitrogens is 2. The van der Waals surface area contributed by atoms with Crippen molar-refractivity contribution in [3.05, 3.63) is 46.8 Å². The molecule has 0 aliphatic rings. The molecule has 2 aromatic heterocycles. The molecule has 2 heteroatoms. The molecule has 0 saturated heterocycles. The summed E-state index contributed by atoms with van der Waals surface area (Å²) in [6.45, 7) is 8.42. The summed E-state index contributed by atoms with van der Waals surface area (Å²) in [5.74, 6) is 0. The lowest BCUT2D eigenvalue weighted by Gasteiger charge is -2.12. The molecule has 16 heavy (non-hydrogen) atoms. The largest absolute Gasteiger partial charge is 0.255 e. The van der Waals surface area contributed by atoms with E-state index in [1.54, 1.807) is 6.20 Å². The van der Waals surface area contributed by atoms with Gasteiger partial charge in [0.1, 0.15) is 0 Å². The van der Waals surface area contributed by atoms with Crippen molar-refractivity contribution in [1.29, 1.82) is 0 Å². The maximum absolute atomic E-state index is 4.64. The molecular weight excluding hydrogens is 196 g/mol. The van der Waals surface area contributed by atoms with Gasteiger partial charge in [-0.3, -0.25) is 9.97 Å². The molecule has 0 fully saturated rings. The Morgan fingerprint density at radius 1 is 0.875 bits per heavy atom. The highest BCUT2D eigenvalue weighted by atomic mass is 14.8. The van der Waals surface area contributed by atoms with Gasteiger partial charge in [0, 0.05) is 11.9 Å². The van der Waals surface area contributed by atoms with Crippen molar-refractivity contribution < 1.29 is 0 Å². The van der Waals surface area contributed by atoms with E-state index in [-0.39, 0.29) is 0 Å². The van der Waals surface area contributed by atoms with Crippen LogP contribution < -0.4 is 0 Å². The van der Waals surface area contributed by atoms with E-state index >= 15 is 0 Å². The van der Waals surface area contributed by atoms with E-state index < -0.39 is 0 Å². The molecule has 0 aliphatic carbocycles.